The molecule has 0 aromatic rings. The molecule has 0 saturated carbocycles. The number of carbonyl (C=O) groups is 2. The van der Waals surface area contributed by atoms with E-state index in [2.05, 4.69) is 5.32 Å². The number of amides is 2. The van der Waals surface area contributed by atoms with Crippen LogP contribution in [0.1, 0.15) is 26.2 Å². The van der Waals surface area contributed by atoms with Crippen molar-refractivity contribution in [2.24, 2.45) is 5.73 Å². The van der Waals surface area contributed by atoms with E-state index in [-0.39, 0.29) is 19.0 Å². The Morgan fingerprint density at radius 3 is 2.67 bits per heavy atom. The summed E-state index contributed by atoms with van der Waals surface area (Å²) in [6, 6.07) is -0.790. The molecule has 2 atom stereocenters. The Kier molecular flexibility index (Phi) is 5.01. The summed E-state index contributed by atoms with van der Waals surface area (Å²) in [4.78, 5) is 23.0. The smallest absolute Gasteiger partial charge is 0.261 e. The van der Waals surface area contributed by atoms with E-state index in [0.717, 1.165) is 0 Å². The van der Waals surface area contributed by atoms with Crippen LogP contribution in [0.4, 0.5) is 8.78 Å². The number of nitrogens with zero attached hydrogens (tertiary/aromatic N) is 1. The zero-order valence-electron chi connectivity index (χ0n) is 10.4. The van der Waals surface area contributed by atoms with Crippen LogP contribution in [0.2, 0.25) is 0 Å². The molecule has 1 saturated heterocycles. The van der Waals surface area contributed by atoms with Gasteiger partial charge in [-0.1, -0.05) is 0 Å². The van der Waals surface area contributed by atoms with Crippen molar-refractivity contribution in [2.45, 2.75) is 44.2 Å². The summed E-state index contributed by atoms with van der Waals surface area (Å²) in [5.41, 5.74) is 5.11. The molecule has 18 heavy (non-hydrogen) atoms. The molecule has 3 N–H and O–H groups in total. The van der Waals surface area contributed by atoms with E-state index in [0.29, 0.717) is 25.8 Å². The third-order valence-electron chi connectivity index (χ3n) is 3.31. The molecule has 1 fully saturated rings. The normalized spacial score (nSPS) is 22.4. The Bertz CT molecular complexity index is 313. The Hall–Kier alpha value is -1.24. The second-order valence-corrected chi connectivity index (χ2v) is 4.74. The fourth-order valence-corrected chi connectivity index (χ4v) is 2.12. The molecular formula is C11H19F2N3O2. The molecule has 1 aliphatic rings. The summed E-state index contributed by atoms with van der Waals surface area (Å²) in [6.45, 7) is 1.95. The molecule has 0 aromatic carbocycles. The van der Waals surface area contributed by atoms with Crippen molar-refractivity contribution in [3.63, 3.8) is 0 Å². The van der Waals surface area contributed by atoms with Crippen molar-refractivity contribution < 1.29 is 18.4 Å². The lowest BCUT2D eigenvalue weighted by Gasteiger charge is -2.25. The summed E-state index contributed by atoms with van der Waals surface area (Å²) >= 11 is 0. The van der Waals surface area contributed by atoms with Gasteiger partial charge in [0, 0.05) is 19.0 Å². The van der Waals surface area contributed by atoms with Crippen LogP contribution in [0, 0.1) is 0 Å². The Morgan fingerprint density at radius 1 is 1.56 bits per heavy atom. The molecule has 0 radical (unpaired) electrons. The van der Waals surface area contributed by atoms with Crippen molar-refractivity contribution in [1.29, 1.82) is 0 Å². The maximum Gasteiger partial charge on any atom is 0.261 e. The fraction of sp³-hybridized carbons (Fsp3) is 0.818. The summed E-state index contributed by atoms with van der Waals surface area (Å²) in [5, 5.41) is 2.32. The number of hydrogen-bond donors (Lipinski definition) is 2. The highest BCUT2D eigenvalue weighted by molar-refractivity contribution is 5.81. The minimum Gasteiger partial charge on any atom is -0.368 e. The first-order valence-corrected chi connectivity index (χ1v) is 5.96. The minimum atomic E-state index is -2.61. The van der Waals surface area contributed by atoms with Gasteiger partial charge in [0.15, 0.2) is 0 Å². The van der Waals surface area contributed by atoms with E-state index in [1.54, 1.807) is 4.90 Å². The van der Waals surface area contributed by atoms with Gasteiger partial charge in [0.25, 0.3) is 5.92 Å². The van der Waals surface area contributed by atoms with Crippen LogP contribution >= 0.6 is 0 Å². The number of nitrogens with one attached hydrogen (secondary N) is 1. The van der Waals surface area contributed by atoms with Gasteiger partial charge in [-0.2, -0.15) is 0 Å². The van der Waals surface area contributed by atoms with E-state index in [4.69, 9.17) is 5.73 Å². The van der Waals surface area contributed by atoms with E-state index in [1.165, 1.54) is 0 Å². The topological polar surface area (TPSA) is 75.4 Å². The summed E-state index contributed by atoms with van der Waals surface area (Å²) < 4.78 is 26.1. The molecule has 104 valence electrons. The minimum absolute atomic E-state index is 0.0614. The molecule has 1 rings (SSSR count). The molecule has 1 aliphatic heterocycles. The van der Waals surface area contributed by atoms with Crippen molar-refractivity contribution in [3.8, 4) is 0 Å². The third-order valence-corrected chi connectivity index (χ3v) is 3.31. The highest BCUT2D eigenvalue weighted by Gasteiger charge is 2.39. The highest BCUT2D eigenvalue weighted by Crippen LogP contribution is 2.29. The monoisotopic (exact) mass is 263 g/mol. The molecule has 0 bridgehead atoms. The van der Waals surface area contributed by atoms with E-state index in [9.17, 15) is 18.4 Å². The van der Waals surface area contributed by atoms with Gasteiger partial charge in [0.05, 0.1) is 6.54 Å². The number of carbonyl (C=O) groups excluding carboxylic acids is 2. The molecule has 2 amide bonds. The van der Waals surface area contributed by atoms with Crippen molar-refractivity contribution in [2.75, 3.05) is 13.1 Å². The van der Waals surface area contributed by atoms with Gasteiger partial charge in [0.2, 0.25) is 12.3 Å². The maximum atomic E-state index is 13.0. The first-order chi connectivity index (χ1) is 8.35. The largest absolute Gasteiger partial charge is 0.368 e. The lowest BCUT2D eigenvalue weighted by molar-refractivity contribution is -0.122. The zero-order valence-corrected chi connectivity index (χ0v) is 10.4. The van der Waals surface area contributed by atoms with E-state index >= 15 is 0 Å². The molecule has 0 aromatic heterocycles. The second-order valence-electron chi connectivity index (χ2n) is 4.74. The molecule has 2 unspecified atom stereocenters. The quantitative estimate of drug-likeness (QED) is 0.639. The average Bonchev–Trinajstić information content (AvgIpc) is 2.64. The molecule has 0 spiro atoms. The fourth-order valence-electron chi connectivity index (χ4n) is 2.12. The number of hydrogen-bond acceptors (Lipinski definition) is 3. The summed E-state index contributed by atoms with van der Waals surface area (Å²) in [7, 11) is 0. The highest BCUT2D eigenvalue weighted by atomic mass is 19.3. The molecule has 1 heterocycles. The van der Waals surface area contributed by atoms with E-state index < -0.39 is 17.9 Å². The number of primary amides is 1. The Morgan fingerprint density at radius 2 is 2.22 bits per heavy atom. The van der Waals surface area contributed by atoms with Crippen LogP contribution in [0.5, 0.6) is 0 Å². The SMILES string of the molecule is CC(CCC(NC=O)C(N)=O)N1CCC(F)(F)C1. The number of likely N-dealkylation sites (tertiary alicyclic amines) is 1. The lowest BCUT2D eigenvalue weighted by atomic mass is 10.1. The molecule has 0 aliphatic carbocycles. The standard InChI is InChI=1S/C11H19F2N3O2/c1-8(16-5-4-11(12,13)6-16)2-3-9(10(14)18)15-7-17/h7-9H,2-6H2,1H3,(H2,14,18)(H,15,17). The van der Waals surface area contributed by atoms with Crippen molar-refractivity contribution in [3.05, 3.63) is 0 Å². The Labute approximate surface area is 105 Å². The van der Waals surface area contributed by atoms with Gasteiger partial charge in [-0.15, -0.1) is 0 Å². The maximum absolute atomic E-state index is 13.0. The summed E-state index contributed by atoms with van der Waals surface area (Å²) in [6.07, 6.45) is 1.19. The molecular weight excluding hydrogens is 244 g/mol. The number of alkyl halides is 2. The first kappa shape index (κ1) is 14.8. The second kappa shape index (κ2) is 6.08. The summed E-state index contributed by atoms with van der Waals surface area (Å²) in [5.74, 6) is -3.22. The van der Waals surface area contributed by atoms with Crippen LogP contribution in [0.3, 0.4) is 0 Å². The first-order valence-electron chi connectivity index (χ1n) is 5.96. The number of halogens is 2. The molecule has 7 heteroatoms. The zero-order chi connectivity index (χ0) is 13.8. The van der Waals surface area contributed by atoms with Crippen molar-refractivity contribution >= 4 is 12.3 Å². The van der Waals surface area contributed by atoms with Gasteiger partial charge in [-0.05, 0) is 19.8 Å². The van der Waals surface area contributed by atoms with Crippen LogP contribution in [-0.2, 0) is 9.59 Å². The van der Waals surface area contributed by atoms with Crippen molar-refractivity contribution in [1.82, 2.24) is 10.2 Å². The van der Waals surface area contributed by atoms with Crippen LogP contribution in [0.25, 0.3) is 0 Å². The van der Waals surface area contributed by atoms with Gasteiger partial charge < -0.3 is 11.1 Å². The predicted molar refractivity (Wildman–Crippen MR) is 62.0 cm³/mol. The third kappa shape index (κ3) is 4.21. The van der Waals surface area contributed by atoms with Gasteiger partial charge in [-0.25, -0.2) is 8.78 Å². The Balaban J connectivity index is 2.38. The predicted octanol–water partition coefficient (Wildman–Crippen LogP) is 0.0960. The van der Waals surface area contributed by atoms with Crippen LogP contribution in [0.15, 0.2) is 0 Å². The average molecular weight is 263 g/mol. The van der Waals surface area contributed by atoms with Crippen LogP contribution < -0.4 is 11.1 Å². The van der Waals surface area contributed by atoms with Gasteiger partial charge in [0.1, 0.15) is 6.04 Å². The number of rotatable bonds is 7. The lowest BCUT2D eigenvalue weighted by Crippen LogP contribution is -2.42. The van der Waals surface area contributed by atoms with E-state index in [1.807, 2.05) is 6.92 Å². The van der Waals surface area contributed by atoms with Crippen LogP contribution in [-0.4, -0.2) is 48.3 Å². The van der Waals surface area contributed by atoms with Gasteiger partial charge >= 0.3 is 0 Å². The number of nitrogens with two attached hydrogens (primary N) is 1. The van der Waals surface area contributed by atoms with Gasteiger partial charge in [-0.3, -0.25) is 14.5 Å². The molecule has 5 nitrogen and oxygen atoms in total.